The average molecular weight is 379 g/mol. The highest BCUT2D eigenvalue weighted by atomic mass is 35.5. The molecular weight excluding hydrogens is 367 g/mol. The van der Waals surface area contributed by atoms with Gasteiger partial charge >= 0.3 is 5.97 Å². The number of hydrogen-bond donors (Lipinski definition) is 1. The van der Waals surface area contributed by atoms with Crippen LogP contribution in [-0.4, -0.2) is 18.2 Å². The van der Waals surface area contributed by atoms with Gasteiger partial charge in [-0.15, -0.1) is 11.3 Å². The normalized spacial score (nSPS) is 10.6. The molecule has 6 heteroatoms. The van der Waals surface area contributed by atoms with Crippen molar-refractivity contribution in [1.82, 2.24) is 0 Å². The van der Waals surface area contributed by atoms with Gasteiger partial charge in [-0.1, -0.05) is 53.5 Å². The van der Waals surface area contributed by atoms with E-state index in [1.54, 1.807) is 18.2 Å². The van der Waals surface area contributed by atoms with Crippen LogP contribution in [0.15, 0.2) is 48.5 Å². The zero-order valence-corrected chi connectivity index (χ0v) is 14.9. The maximum absolute atomic E-state index is 11.6. The van der Waals surface area contributed by atoms with Crippen LogP contribution in [0, 0.1) is 0 Å². The van der Waals surface area contributed by atoms with Crippen molar-refractivity contribution in [3.8, 4) is 27.3 Å². The monoisotopic (exact) mass is 378 g/mol. The Hall–Kier alpha value is -2.01. The number of halogens is 2. The first kappa shape index (κ1) is 16.8. The van der Waals surface area contributed by atoms with Crippen LogP contribution in [-0.2, 0) is 0 Å². The first-order valence-electron chi connectivity index (χ1n) is 6.98. The summed E-state index contributed by atoms with van der Waals surface area (Å²) >= 11 is 13.4. The van der Waals surface area contributed by atoms with Crippen molar-refractivity contribution >= 4 is 40.5 Å². The Balaban J connectivity index is 2.34. The summed E-state index contributed by atoms with van der Waals surface area (Å²) in [5, 5.41) is 10.7. The van der Waals surface area contributed by atoms with E-state index in [4.69, 9.17) is 27.9 Å². The molecule has 0 amide bonds. The molecule has 0 atom stereocenters. The summed E-state index contributed by atoms with van der Waals surface area (Å²) in [5.41, 5.74) is 2.28. The Kier molecular flexibility index (Phi) is 4.81. The summed E-state index contributed by atoms with van der Waals surface area (Å²) in [6.07, 6.45) is 0. The van der Waals surface area contributed by atoms with Gasteiger partial charge in [0.05, 0.1) is 7.11 Å². The van der Waals surface area contributed by atoms with Crippen LogP contribution in [0.5, 0.6) is 5.75 Å². The number of benzene rings is 2. The number of carboxylic acids is 1. The molecule has 0 radical (unpaired) electrons. The molecule has 3 aromatic rings. The Morgan fingerprint density at radius 2 is 1.75 bits per heavy atom. The molecule has 0 aliphatic heterocycles. The van der Waals surface area contributed by atoms with Crippen LogP contribution in [0.3, 0.4) is 0 Å². The van der Waals surface area contributed by atoms with Gasteiger partial charge < -0.3 is 9.84 Å². The second-order valence-electron chi connectivity index (χ2n) is 4.96. The van der Waals surface area contributed by atoms with Gasteiger partial charge in [-0.3, -0.25) is 0 Å². The van der Waals surface area contributed by atoms with E-state index in [-0.39, 0.29) is 4.88 Å². The predicted octanol–water partition coefficient (Wildman–Crippen LogP) is 6.10. The van der Waals surface area contributed by atoms with E-state index in [2.05, 4.69) is 0 Å². The fourth-order valence-electron chi connectivity index (χ4n) is 2.47. The maximum Gasteiger partial charge on any atom is 0.349 e. The quantitative estimate of drug-likeness (QED) is 0.596. The van der Waals surface area contributed by atoms with Crippen molar-refractivity contribution in [2.75, 3.05) is 7.11 Å². The van der Waals surface area contributed by atoms with Gasteiger partial charge in [-0.2, -0.15) is 0 Å². The van der Waals surface area contributed by atoms with Gasteiger partial charge in [0.15, 0.2) is 10.6 Å². The van der Waals surface area contributed by atoms with Crippen LogP contribution in [0.1, 0.15) is 9.67 Å². The number of ether oxygens (including phenoxy) is 1. The molecule has 1 heterocycles. The molecule has 122 valence electrons. The van der Waals surface area contributed by atoms with Gasteiger partial charge in [-0.05, 0) is 23.8 Å². The molecular formula is C18H12Cl2O3S. The number of thiophene rings is 1. The van der Waals surface area contributed by atoms with E-state index in [9.17, 15) is 9.90 Å². The summed E-state index contributed by atoms with van der Waals surface area (Å²) < 4.78 is 5.42. The molecule has 0 unspecified atom stereocenters. The standard InChI is InChI=1S/C18H12Cl2O3S/c1-23-15-14(10-6-8-11(19)9-7-10)16(24-17(15)18(21)22)12-4-2-3-5-13(12)20/h2-9H,1H3,(H,21,22). The molecule has 2 aromatic carbocycles. The molecule has 0 fully saturated rings. The van der Waals surface area contributed by atoms with E-state index in [0.717, 1.165) is 27.3 Å². The predicted molar refractivity (Wildman–Crippen MR) is 98.7 cm³/mol. The second kappa shape index (κ2) is 6.85. The van der Waals surface area contributed by atoms with Gasteiger partial charge in [0.2, 0.25) is 0 Å². The summed E-state index contributed by atoms with van der Waals surface area (Å²) in [4.78, 5) is 12.5. The van der Waals surface area contributed by atoms with E-state index in [1.807, 2.05) is 30.3 Å². The highest BCUT2D eigenvalue weighted by molar-refractivity contribution is 7.18. The van der Waals surface area contributed by atoms with E-state index in [0.29, 0.717) is 21.4 Å². The number of aromatic carboxylic acids is 1. The summed E-state index contributed by atoms with van der Waals surface area (Å²) in [7, 11) is 1.46. The minimum absolute atomic E-state index is 0.136. The van der Waals surface area contributed by atoms with Gasteiger partial charge in [-0.25, -0.2) is 4.79 Å². The van der Waals surface area contributed by atoms with Crippen molar-refractivity contribution in [3.63, 3.8) is 0 Å². The summed E-state index contributed by atoms with van der Waals surface area (Å²) in [5.74, 6) is -0.713. The zero-order chi connectivity index (χ0) is 17.3. The van der Waals surface area contributed by atoms with Crippen LogP contribution >= 0.6 is 34.5 Å². The van der Waals surface area contributed by atoms with Crippen molar-refractivity contribution in [1.29, 1.82) is 0 Å². The lowest BCUT2D eigenvalue weighted by Crippen LogP contribution is -1.96. The third kappa shape index (κ3) is 3.00. The van der Waals surface area contributed by atoms with E-state index in [1.165, 1.54) is 7.11 Å². The summed E-state index contributed by atoms with van der Waals surface area (Å²) in [6.45, 7) is 0. The molecule has 1 aromatic heterocycles. The lowest BCUT2D eigenvalue weighted by Gasteiger charge is -2.09. The molecule has 0 spiro atoms. The van der Waals surface area contributed by atoms with Gasteiger partial charge in [0.1, 0.15) is 0 Å². The SMILES string of the molecule is COc1c(C(=O)O)sc(-c2ccccc2Cl)c1-c1ccc(Cl)cc1. The number of methoxy groups -OCH3 is 1. The van der Waals surface area contributed by atoms with Crippen molar-refractivity contribution in [2.24, 2.45) is 0 Å². The first-order valence-corrected chi connectivity index (χ1v) is 8.55. The number of rotatable bonds is 4. The van der Waals surface area contributed by atoms with E-state index < -0.39 is 5.97 Å². The molecule has 3 nitrogen and oxygen atoms in total. The second-order valence-corrected chi connectivity index (χ2v) is 6.82. The van der Waals surface area contributed by atoms with E-state index >= 15 is 0 Å². The zero-order valence-electron chi connectivity index (χ0n) is 12.5. The van der Waals surface area contributed by atoms with Crippen molar-refractivity contribution in [3.05, 3.63) is 63.5 Å². The molecule has 1 N–H and O–H groups in total. The third-order valence-electron chi connectivity index (χ3n) is 3.51. The molecule has 3 rings (SSSR count). The number of carbonyl (C=O) groups is 1. The highest BCUT2D eigenvalue weighted by Gasteiger charge is 2.26. The minimum Gasteiger partial charge on any atom is -0.494 e. The van der Waals surface area contributed by atoms with Crippen molar-refractivity contribution < 1.29 is 14.6 Å². The van der Waals surface area contributed by atoms with Crippen molar-refractivity contribution in [2.45, 2.75) is 0 Å². The maximum atomic E-state index is 11.6. The third-order valence-corrected chi connectivity index (χ3v) is 5.29. The minimum atomic E-state index is -1.04. The van der Waals surface area contributed by atoms with Crippen LogP contribution in [0.2, 0.25) is 10.0 Å². The highest BCUT2D eigenvalue weighted by Crippen LogP contribution is 2.49. The Bertz CT molecular complexity index is 901. The first-order chi connectivity index (χ1) is 11.5. The van der Waals surface area contributed by atoms with Crippen LogP contribution < -0.4 is 4.74 Å². The van der Waals surface area contributed by atoms with Crippen LogP contribution in [0.25, 0.3) is 21.6 Å². The fraction of sp³-hybridized carbons (Fsp3) is 0.0556. The Morgan fingerprint density at radius 3 is 2.33 bits per heavy atom. The number of carboxylic acid groups (broad SMARTS) is 1. The molecule has 0 aliphatic rings. The van der Waals surface area contributed by atoms with Crippen LogP contribution in [0.4, 0.5) is 0 Å². The largest absolute Gasteiger partial charge is 0.494 e. The average Bonchev–Trinajstić information content (AvgIpc) is 2.95. The Labute approximate surface area is 153 Å². The van der Waals surface area contributed by atoms with Gasteiger partial charge in [0, 0.05) is 26.0 Å². The fourth-order valence-corrected chi connectivity index (χ4v) is 4.05. The topological polar surface area (TPSA) is 46.5 Å². The summed E-state index contributed by atoms with van der Waals surface area (Å²) in [6, 6.07) is 14.5. The molecule has 0 saturated carbocycles. The lowest BCUT2D eigenvalue weighted by atomic mass is 10.0. The Morgan fingerprint density at radius 1 is 1.08 bits per heavy atom. The molecule has 0 aliphatic carbocycles. The molecule has 0 saturated heterocycles. The molecule has 24 heavy (non-hydrogen) atoms. The molecule has 0 bridgehead atoms. The lowest BCUT2D eigenvalue weighted by molar-refractivity contribution is 0.0699. The van der Waals surface area contributed by atoms with Gasteiger partial charge in [0.25, 0.3) is 0 Å². The number of hydrogen-bond acceptors (Lipinski definition) is 3. The smallest absolute Gasteiger partial charge is 0.349 e.